The molecule has 0 N–H and O–H groups in total. The van der Waals surface area contributed by atoms with Crippen molar-refractivity contribution in [3.8, 4) is 0 Å². The van der Waals surface area contributed by atoms with E-state index in [0.29, 0.717) is 5.25 Å². The second kappa shape index (κ2) is 3.54. The fourth-order valence-corrected chi connectivity index (χ4v) is 0.676. The van der Waals surface area contributed by atoms with Gasteiger partial charge in [0.05, 0.1) is 0 Å². The van der Waals surface area contributed by atoms with Crippen LogP contribution in [0.25, 0.3) is 0 Å². The van der Waals surface area contributed by atoms with Gasteiger partial charge in [-0.15, -0.1) is 0 Å². The Hall–Kier alpha value is 0.350. The van der Waals surface area contributed by atoms with E-state index in [4.69, 9.17) is 0 Å². The molecule has 0 aromatic carbocycles. The van der Waals surface area contributed by atoms with Crippen molar-refractivity contribution < 1.29 is 0 Å². The highest BCUT2D eigenvalue weighted by molar-refractivity contribution is 7.80. The van der Waals surface area contributed by atoms with Gasteiger partial charge in [-0.3, -0.25) is 0 Å². The van der Waals surface area contributed by atoms with Gasteiger partial charge in [0, 0.05) is 0 Å². The summed E-state index contributed by atoms with van der Waals surface area (Å²) in [5, 5.41) is 0.593. The zero-order valence-electron chi connectivity index (χ0n) is 4.44. The molecule has 1 heteroatoms. The summed E-state index contributed by atoms with van der Waals surface area (Å²) in [6.45, 7) is 4.29. The molecule has 0 amide bonds. The van der Waals surface area contributed by atoms with Gasteiger partial charge in [0.15, 0.2) is 0 Å². The maximum Gasteiger partial charge on any atom is -0.00117 e. The molecule has 0 rings (SSSR count). The Balaban J connectivity index is 2.63. The monoisotopic (exact) mass is 104 g/mol. The van der Waals surface area contributed by atoms with Crippen LogP contribution in [0, 0.1) is 0 Å². The van der Waals surface area contributed by atoms with E-state index in [-0.39, 0.29) is 0 Å². The van der Waals surface area contributed by atoms with Gasteiger partial charge in [-0.1, -0.05) is 20.3 Å². The van der Waals surface area contributed by atoms with Crippen LogP contribution in [0.3, 0.4) is 0 Å². The van der Waals surface area contributed by atoms with Gasteiger partial charge < -0.3 is 0 Å². The van der Waals surface area contributed by atoms with Gasteiger partial charge >= 0.3 is 0 Å². The summed E-state index contributed by atoms with van der Waals surface area (Å²) in [5.74, 6) is 0. The summed E-state index contributed by atoms with van der Waals surface area (Å²) < 4.78 is 0. The van der Waals surface area contributed by atoms with E-state index >= 15 is 0 Å². The van der Waals surface area contributed by atoms with Crippen molar-refractivity contribution in [3.05, 3.63) is 0 Å². The second-order valence-electron chi connectivity index (χ2n) is 1.64. The summed E-state index contributed by atoms with van der Waals surface area (Å²) in [5.41, 5.74) is 0. The highest BCUT2D eigenvalue weighted by Crippen LogP contribution is 2.00. The largest absolute Gasteiger partial charge is 0.176 e. The Morgan fingerprint density at radius 2 is 2.17 bits per heavy atom. The third kappa shape index (κ3) is 4.35. The molecule has 0 aromatic heterocycles. The molecule has 0 aliphatic rings. The van der Waals surface area contributed by atoms with Crippen molar-refractivity contribution in [2.45, 2.75) is 31.9 Å². The van der Waals surface area contributed by atoms with E-state index in [1.807, 2.05) is 0 Å². The summed E-state index contributed by atoms with van der Waals surface area (Å²) >= 11 is 4.18. The van der Waals surface area contributed by atoms with E-state index in [1.165, 1.54) is 12.8 Å². The first-order valence-corrected chi connectivity index (χ1v) is 2.97. The minimum absolute atomic E-state index is 0.593. The predicted octanol–water partition coefficient (Wildman–Crippen LogP) is 2.10. The van der Waals surface area contributed by atoms with Gasteiger partial charge in [-0.05, 0) is 11.7 Å². The fourth-order valence-electron chi connectivity index (χ4n) is 0.418. The number of rotatable bonds is 2. The average molecular weight is 104 g/mol. The Labute approximate surface area is 45.4 Å². The minimum Gasteiger partial charge on any atom is -0.176 e. The smallest absolute Gasteiger partial charge is 0.00117 e. The molecule has 0 aliphatic heterocycles. The standard InChI is InChI=1S/C5H12S/c1-3-4-5(2)6/h5-6H,3-4H2,1-2H3. The third-order valence-corrected chi connectivity index (χ3v) is 0.965. The van der Waals surface area contributed by atoms with Crippen LogP contribution in [-0.2, 0) is 0 Å². The lowest BCUT2D eigenvalue weighted by molar-refractivity contribution is 0.791. The number of thiol groups is 1. The normalized spacial score (nSPS) is 14.5. The Morgan fingerprint density at radius 1 is 1.67 bits per heavy atom. The SMILES string of the molecule is CCCC(C)S. The third-order valence-electron chi connectivity index (χ3n) is 0.706. The van der Waals surface area contributed by atoms with Crippen LogP contribution < -0.4 is 0 Å². The molecule has 0 bridgehead atoms. The first kappa shape index (κ1) is 6.35. The first-order valence-electron chi connectivity index (χ1n) is 2.45. The molecular weight excluding hydrogens is 92.1 g/mol. The van der Waals surface area contributed by atoms with Crippen molar-refractivity contribution in [3.63, 3.8) is 0 Å². The fraction of sp³-hybridized carbons (Fsp3) is 1.00. The maximum atomic E-state index is 4.18. The van der Waals surface area contributed by atoms with E-state index < -0.39 is 0 Å². The molecule has 0 aromatic rings. The lowest BCUT2D eigenvalue weighted by atomic mass is 10.3. The van der Waals surface area contributed by atoms with Crippen LogP contribution in [0.15, 0.2) is 0 Å². The average Bonchev–Trinajstić information content (AvgIpc) is 1.35. The predicted molar refractivity (Wildman–Crippen MR) is 33.4 cm³/mol. The van der Waals surface area contributed by atoms with Crippen LogP contribution in [0.2, 0.25) is 0 Å². The lowest BCUT2D eigenvalue weighted by Crippen LogP contribution is -1.85. The van der Waals surface area contributed by atoms with Crippen molar-refractivity contribution >= 4 is 12.6 Å². The molecule has 0 aliphatic carbocycles. The highest BCUT2D eigenvalue weighted by atomic mass is 32.1. The van der Waals surface area contributed by atoms with Crippen molar-refractivity contribution in [1.82, 2.24) is 0 Å². The summed E-state index contributed by atoms with van der Waals surface area (Å²) in [7, 11) is 0. The van der Waals surface area contributed by atoms with Crippen LogP contribution in [0.5, 0.6) is 0 Å². The maximum absolute atomic E-state index is 4.18. The zero-order valence-corrected chi connectivity index (χ0v) is 5.33. The Bertz CT molecular complexity index is 25.1. The summed E-state index contributed by atoms with van der Waals surface area (Å²) in [6, 6.07) is 0. The molecule has 0 saturated carbocycles. The van der Waals surface area contributed by atoms with Crippen LogP contribution in [0.4, 0.5) is 0 Å². The number of hydrogen-bond donors (Lipinski definition) is 1. The molecule has 0 radical (unpaired) electrons. The molecule has 38 valence electrons. The Kier molecular flexibility index (Phi) is 3.74. The zero-order chi connectivity index (χ0) is 4.99. The quantitative estimate of drug-likeness (QED) is 0.510. The molecule has 6 heavy (non-hydrogen) atoms. The van der Waals surface area contributed by atoms with Gasteiger partial charge in [0.25, 0.3) is 0 Å². The molecule has 0 saturated heterocycles. The van der Waals surface area contributed by atoms with E-state index in [0.717, 1.165) is 0 Å². The molecule has 1 unspecified atom stereocenters. The van der Waals surface area contributed by atoms with E-state index in [1.54, 1.807) is 0 Å². The summed E-state index contributed by atoms with van der Waals surface area (Å²) in [4.78, 5) is 0. The molecule has 0 fully saturated rings. The van der Waals surface area contributed by atoms with Crippen LogP contribution >= 0.6 is 12.6 Å². The lowest BCUT2D eigenvalue weighted by Gasteiger charge is -1.95. The van der Waals surface area contributed by atoms with Gasteiger partial charge in [-0.25, -0.2) is 0 Å². The minimum atomic E-state index is 0.593. The van der Waals surface area contributed by atoms with Crippen LogP contribution in [0.1, 0.15) is 26.7 Å². The topological polar surface area (TPSA) is 0 Å². The van der Waals surface area contributed by atoms with Crippen molar-refractivity contribution in [1.29, 1.82) is 0 Å². The van der Waals surface area contributed by atoms with Crippen molar-refractivity contribution in [2.75, 3.05) is 0 Å². The van der Waals surface area contributed by atoms with E-state index in [2.05, 4.69) is 26.5 Å². The molecule has 0 spiro atoms. The van der Waals surface area contributed by atoms with Crippen molar-refractivity contribution in [2.24, 2.45) is 0 Å². The second-order valence-corrected chi connectivity index (χ2v) is 2.52. The molecule has 1 atom stereocenters. The van der Waals surface area contributed by atoms with Gasteiger partial charge in [0.2, 0.25) is 0 Å². The van der Waals surface area contributed by atoms with Gasteiger partial charge in [0.1, 0.15) is 0 Å². The Morgan fingerprint density at radius 3 is 2.17 bits per heavy atom. The van der Waals surface area contributed by atoms with Gasteiger partial charge in [-0.2, -0.15) is 12.6 Å². The summed E-state index contributed by atoms with van der Waals surface area (Å²) in [6.07, 6.45) is 2.49. The van der Waals surface area contributed by atoms with E-state index in [9.17, 15) is 0 Å². The first-order chi connectivity index (χ1) is 2.77. The number of hydrogen-bond acceptors (Lipinski definition) is 1. The molecule has 0 heterocycles. The highest BCUT2D eigenvalue weighted by Gasteiger charge is 1.86. The van der Waals surface area contributed by atoms with Crippen LogP contribution in [-0.4, -0.2) is 5.25 Å². The molecule has 0 nitrogen and oxygen atoms in total. The molecular formula is C5H12S.